The first-order chi connectivity index (χ1) is 8.91. The van der Waals surface area contributed by atoms with Crippen LogP contribution in [0.2, 0.25) is 0 Å². The maximum Gasteiger partial charge on any atom is 0.182 e. The molecule has 2 nitrogen and oxygen atoms in total. The number of rotatable bonds is 2. The van der Waals surface area contributed by atoms with Crippen molar-refractivity contribution >= 4 is 22.9 Å². The second-order valence-corrected chi connectivity index (χ2v) is 5.75. The molecule has 1 heterocycles. The summed E-state index contributed by atoms with van der Waals surface area (Å²) in [4.78, 5) is 1.80. The largest absolute Gasteiger partial charge is 0.389 e. The molecule has 1 saturated heterocycles. The number of nitrogens with zero attached hydrogens (tertiary/aromatic N) is 1. The van der Waals surface area contributed by atoms with E-state index in [-0.39, 0.29) is 16.6 Å². The molecule has 5 heteroatoms. The van der Waals surface area contributed by atoms with Gasteiger partial charge in [0.1, 0.15) is 4.99 Å². The zero-order chi connectivity index (χ0) is 14.2. The lowest BCUT2D eigenvalue weighted by Crippen LogP contribution is -2.41. The van der Waals surface area contributed by atoms with E-state index >= 15 is 0 Å². The summed E-state index contributed by atoms with van der Waals surface area (Å²) < 4.78 is 28.1. The number of nitrogens with two attached hydrogens (primary N) is 1. The normalized spacial score (nSPS) is 23.5. The molecule has 19 heavy (non-hydrogen) atoms. The summed E-state index contributed by atoms with van der Waals surface area (Å²) in [6.45, 7) is 4.89. The van der Waals surface area contributed by atoms with Crippen LogP contribution >= 0.6 is 12.2 Å². The van der Waals surface area contributed by atoms with Crippen LogP contribution in [0.25, 0.3) is 0 Å². The Morgan fingerprint density at radius 3 is 2.58 bits per heavy atom. The van der Waals surface area contributed by atoms with Crippen molar-refractivity contribution in [3.63, 3.8) is 0 Å². The Bertz CT molecular complexity index is 504. The molecular weight excluding hydrogens is 266 g/mol. The summed E-state index contributed by atoms with van der Waals surface area (Å²) in [6, 6.07) is 3.24. The highest BCUT2D eigenvalue weighted by Crippen LogP contribution is 2.31. The number of halogens is 2. The van der Waals surface area contributed by atoms with E-state index in [1.165, 1.54) is 6.07 Å². The number of thiocarbonyl (C=S) groups is 1. The maximum absolute atomic E-state index is 14.2. The zero-order valence-electron chi connectivity index (χ0n) is 11.1. The fraction of sp³-hybridized carbons (Fsp3) is 0.500. The minimum atomic E-state index is -0.949. The standard InChI is InChI=1S/C14H18F2N2S/c1-8-3-4-9(2)18(7-8)11-6-5-10(14(17)19)12(15)13(11)16/h5-6,8-9H,3-4,7H2,1-2H3,(H2,17,19). The molecule has 0 radical (unpaired) electrons. The molecule has 1 aromatic rings. The smallest absolute Gasteiger partial charge is 0.182 e. The van der Waals surface area contributed by atoms with E-state index in [2.05, 4.69) is 6.92 Å². The van der Waals surface area contributed by atoms with E-state index in [1.807, 2.05) is 11.8 Å². The lowest BCUT2D eigenvalue weighted by molar-refractivity contribution is 0.384. The molecule has 0 amide bonds. The second kappa shape index (κ2) is 5.41. The number of hydrogen-bond acceptors (Lipinski definition) is 2. The van der Waals surface area contributed by atoms with Crippen molar-refractivity contribution in [1.29, 1.82) is 0 Å². The molecule has 0 bridgehead atoms. The molecule has 2 atom stereocenters. The molecule has 104 valence electrons. The van der Waals surface area contributed by atoms with Crippen LogP contribution < -0.4 is 10.6 Å². The number of benzene rings is 1. The van der Waals surface area contributed by atoms with Crippen molar-refractivity contribution in [3.05, 3.63) is 29.3 Å². The summed E-state index contributed by atoms with van der Waals surface area (Å²) in [5, 5.41) is 0. The molecule has 2 unspecified atom stereocenters. The Labute approximate surface area is 117 Å². The van der Waals surface area contributed by atoms with Crippen molar-refractivity contribution in [2.24, 2.45) is 11.7 Å². The average molecular weight is 284 g/mol. The Kier molecular flexibility index (Phi) is 4.04. The van der Waals surface area contributed by atoms with Crippen molar-refractivity contribution in [2.75, 3.05) is 11.4 Å². The fourth-order valence-corrected chi connectivity index (χ4v) is 2.73. The lowest BCUT2D eigenvalue weighted by atomic mass is 9.94. The van der Waals surface area contributed by atoms with Gasteiger partial charge in [-0.3, -0.25) is 0 Å². The SMILES string of the molecule is CC1CCC(C)N(c2ccc(C(N)=S)c(F)c2F)C1. The van der Waals surface area contributed by atoms with Crippen LogP contribution in [0, 0.1) is 17.6 Å². The summed E-state index contributed by atoms with van der Waals surface area (Å²) in [5.74, 6) is -1.32. The Morgan fingerprint density at radius 2 is 1.95 bits per heavy atom. The lowest BCUT2D eigenvalue weighted by Gasteiger charge is -2.38. The first-order valence-electron chi connectivity index (χ1n) is 6.46. The van der Waals surface area contributed by atoms with Crippen LogP contribution in [-0.4, -0.2) is 17.6 Å². The van der Waals surface area contributed by atoms with E-state index in [9.17, 15) is 8.78 Å². The maximum atomic E-state index is 14.2. The highest BCUT2D eigenvalue weighted by atomic mass is 32.1. The van der Waals surface area contributed by atoms with E-state index in [4.69, 9.17) is 18.0 Å². The number of piperidine rings is 1. The van der Waals surface area contributed by atoms with Gasteiger partial charge in [-0.25, -0.2) is 8.78 Å². The summed E-state index contributed by atoms with van der Waals surface area (Å²) in [5.41, 5.74) is 5.64. The topological polar surface area (TPSA) is 29.3 Å². The minimum absolute atomic E-state index is 0.0334. The predicted molar refractivity (Wildman–Crippen MR) is 77.5 cm³/mol. The molecule has 1 aliphatic rings. The Morgan fingerprint density at radius 1 is 1.26 bits per heavy atom. The van der Waals surface area contributed by atoms with Gasteiger partial charge < -0.3 is 10.6 Å². The monoisotopic (exact) mass is 284 g/mol. The van der Waals surface area contributed by atoms with E-state index in [0.717, 1.165) is 19.4 Å². The van der Waals surface area contributed by atoms with Crippen molar-refractivity contribution < 1.29 is 8.78 Å². The van der Waals surface area contributed by atoms with Crippen molar-refractivity contribution in [3.8, 4) is 0 Å². The van der Waals surface area contributed by atoms with Gasteiger partial charge in [-0.2, -0.15) is 0 Å². The average Bonchev–Trinajstić information content (AvgIpc) is 2.35. The molecule has 0 spiro atoms. The molecule has 0 saturated carbocycles. The zero-order valence-corrected chi connectivity index (χ0v) is 11.9. The van der Waals surface area contributed by atoms with Gasteiger partial charge in [0.15, 0.2) is 11.6 Å². The van der Waals surface area contributed by atoms with Gasteiger partial charge in [0.2, 0.25) is 0 Å². The molecule has 2 N–H and O–H groups in total. The molecule has 0 aliphatic carbocycles. The van der Waals surface area contributed by atoms with Crippen LogP contribution in [0.15, 0.2) is 12.1 Å². The summed E-state index contributed by atoms with van der Waals surface area (Å²) in [6.07, 6.45) is 2.10. The third kappa shape index (κ3) is 2.71. The van der Waals surface area contributed by atoms with Gasteiger partial charge in [-0.05, 0) is 37.8 Å². The minimum Gasteiger partial charge on any atom is -0.389 e. The Balaban J connectivity index is 2.40. The van der Waals surface area contributed by atoms with Gasteiger partial charge in [-0.15, -0.1) is 0 Å². The molecule has 1 aromatic carbocycles. The Hall–Kier alpha value is -1.23. The quantitative estimate of drug-likeness (QED) is 0.846. The third-order valence-electron chi connectivity index (χ3n) is 3.75. The first kappa shape index (κ1) is 14.2. The van der Waals surface area contributed by atoms with Crippen LogP contribution in [0.5, 0.6) is 0 Å². The van der Waals surface area contributed by atoms with Crippen LogP contribution in [-0.2, 0) is 0 Å². The third-order valence-corrected chi connectivity index (χ3v) is 3.97. The predicted octanol–water partition coefficient (Wildman–Crippen LogP) is 3.22. The van der Waals surface area contributed by atoms with Gasteiger partial charge >= 0.3 is 0 Å². The van der Waals surface area contributed by atoms with Gasteiger partial charge in [-0.1, -0.05) is 19.1 Å². The molecule has 2 rings (SSSR count). The molecule has 0 aromatic heterocycles. The van der Waals surface area contributed by atoms with Crippen LogP contribution in [0.3, 0.4) is 0 Å². The number of hydrogen-bond donors (Lipinski definition) is 1. The first-order valence-corrected chi connectivity index (χ1v) is 6.87. The van der Waals surface area contributed by atoms with Crippen LogP contribution in [0.1, 0.15) is 32.3 Å². The van der Waals surface area contributed by atoms with Gasteiger partial charge in [0.05, 0.1) is 5.69 Å². The highest BCUT2D eigenvalue weighted by Gasteiger charge is 2.27. The molecule has 1 aliphatic heterocycles. The van der Waals surface area contributed by atoms with Crippen molar-refractivity contribution in [2.45, 2.75) is 32.7 Å². The summed E-state index contributed by atoms with van der Waals surface area (Å²) >= 11 is 4.71. The highest BCUT2D eigenvalue weighted by molar-refractivity contribution is 7.80. The van der Waals surface area contributed by atoms with E-state index in [0.29, 0.717) is 11.6 Å². The van der Waals surface area contributed by atoms with Gasteiger partial charge in [0, 0.05) is 18.2 Å². The van der Waals surface area contributed by atoms with E-state index in [1.54, 1.807) is 6.07 Å². The number of anilines is 1. The second-order valence-electron chi connectivity index (χ2n) is 5.31. The summed E-state index contributed by atoms with van der Waals surface area (Å²) in [7, 11) is 0. The fourth-order valence-electron chi connectivity index (χ4n) is 2.58. The van der Waals surface area contributed by atoms with Crippen LogP contribution in [0.4, 0.5) is 14.5 Å². The molecular formula is C14H18F2N2S. The molecule has 1 fully saturated rings. The van der Waals surface area contributed by atoms with Crippen molar-refractivity contribution in [1.82, 2.24) is 0 Å². The van der Waals surface area contributed by atoms with E-state index < -0.39 is 11.6 Å². The van der Waals surface area contributed by atoms with Gasteiger partial charge in [0.25, 0.3) is 0 Å².